The standard InChI is InChI=1S/C12H14O3/c1-14-8-3-4-9-10(7-8)12(15-2)6-5-11(9)13/h3-4,7,12H,5-6H2,1-2H3. The molecular formula is C12H14O3. The summed E-state index contributed by atoms with van der Waals surface area (Å²) in [5.74, 6) is 0.964. The van der Waals surface area contributed by atoms with Crippen molar-refractivity contribution in [2.24, 2.45) is 0 Å². The fraction of sp³-hybridized carbons (Fsp3) is 0.417. The van der Waals surface area contributed by atoms with Gasteiger partial charge < -0.3 is 9.47 Å². The Morgan fingerprint density at radius 1 is 1.33 bits per heavy atom. The monoisotopic (exact) mass is 206 g/mol. The van der Waals surface area contributed by atoms with Crippen molar-refractivity contribution in [3.8, 4) is 5.75 Å². The zero-order chi connectivity index (χ0) is 10.8. The highest BCUT2D eigenvalue weighted by molar-refractivity contribution is 5.98. The molecule has 1 unspecified atom stereocenters. The molecular weight excluding hydrogens is 192 g/mol. The molecule has 15 heavy (non-hydrogen) atoms. The third-order valence-corrected chi connectivity index (χ3v) is 2.82. The molecule has 0 spiro atoms. The lowest BCUT2D eigenvalue weighted by Crippen LogP contribution is -2.16. The van der Waals surface area contributed by atoms with Gasteiger partial charge in [0, 0.05) is 19.1 Å². The Kier molecular flexibility index (Phi) is 2.73. The van der Waals surface area contributed by atoms with E-state index < -0.39 is 0 Å². The molecule has 0 heterocycles. The summed E-state index contributed by atoms with van der Waals surface area (Å²) >= 11 is 0. The van der Waals surface area contributed by atoms with Crippen molar-refractivity contribution in [1.29, 1.82) is 0 Å². The van der Waals surface area contributed by atoms with Crippen LogP contribution >= 0.6 is 0 Å². The minimum atomic E-state index is 0.0211. The van der Waals surface area contributed by atoms with Crippen molar-refractivity contribution < 1.29 is 14.3 Å². The Hall–Kier alpha value is -1.35. The number of methoxy groups -OCH3 is 2. The van der Waals surface area contributed by atoms with Crippen LogP contribution < -0.4 is 4.74 Å². The van der Waals surface area contributed by atoms with Gasteiger partial charge >= 0.3 is 0 Å². The number of benzene rings is 1. The number of carbonyl (C=O) groups is 1. The van der Waals surface area contributed by atoms with Crippen molar-refractivity contribution in [1.82, 2.24) is 0 Å². The molecule has 0 bridgehead atoms. The molecule has 0 N–H and O–H groups in total. The van der Waals surface area contributed by atoms with Gasteiger partial charge in [-0.25, -0.2) is 0 Å². The van der Waals surface area contributed by atoms with Gasteiger partial charge in [-0.2, -0.15) is 0 Å². The highest BCUT2D eigenvalue weighted by Crippen LogP contribution is 2.34. The second-order valence-electron chi connectivity index (χ2n) is 3.64. The molecule has 3 nitrogen and oxygen atoms in total. The Morgan fingerprint density at radius 2 is 2.13 bits per heavy atom. The van der Waals surface area contributed by atoms with E-state index >= 15 is 0 Å². The molecule has 1 atom stereocenters. The molecule has 0 saturated carbocycles. The second-order valence-corrected chi connectivity index (χ2v) is 3.64. The van der Waals surface area contributed by atoms with Crippen molar-refractivity contribution in [2.45, 2.75) is 18.9 Å². The van der Waals surface area contributed by atoms with Crippen LogP contribution in [-0.4, -0.2) is 20.0 Å². The van der Waals surface area contributed by atoms with Crippen molar-refractivity contribution in [3.05, 3.63) is 29.3 Å². The minimum Gasteiger partial charge on any atom is -0.497 e. The average Bonchev–Trinajstić information content (AvgIpc) is 2.29. The fourth-order valence-electron chi connectivity index (χ4n) is 1.99. The van der Waals surface area contributed by atoms with Crippen molar-refractivity contribution in [3.63, 3.8) is 0 Å². The summed E-state index contributed by atoms with van der Waals surface area (Å²) in [6.45, 7) is 0. The number of ketones is 1. The molecule has 0 aromatic heterocycles. The van der Waals surface area contributed by atoms with Gasteiger partial charge in [0.1, 0.15) is 5.75 Å². The number of Topliss-reactive ketones (excluding diaryl/α,β-unsaturated/α-hetero) is 1. The van der Waals surface area contributed by atoms with Gasteiger partial charge in [-0.3, -0.25) is 4.79 Å². The van der Waals surface area contributed by atoms with E-state index in [0.717, 1.165) is 23.3 Å². The van der Waals surface area contributed by atoms with Crippen LogP contribution in [-0.2, 0) is 4.74 Å². The number of hydrogen-bond acceptors (Lipinski definition) is 3. The molecule has 0 aliphatic heterocycles. The number of hydrogen-bond donors (Lipinski definition) is 0. The zero-order valence-corrected chi connectivity index (χ0v) is 8.95. The number of rotatable bonds is 2. The first kappa shape index (κ1) is 10.2. The molecule has 1 aliphatic carbocycles. The van der Waals surface area contributed by atoms with Crippen LogP contribution in [0.25, 0.3) is 0 Å². The van der Waals surface area contributed by atoms with E-state index in [2.05, 4.69) is 0 Å². The van der Waals surface area contributed by atoms with E-state index in [-0.39, 0.29) is 11.9 Å². The lowest BCUT2D eigenvalue weighted by molar-refractivity contribution is 0.0736. The number of fused-ring (bicyclic) bond motifs is 1. The minimum absolute atomic E-state index is 0.0211. The van der Waals surface area contributed by atoms with Crippen molar-refractivity contribution in [2.75, 3.05) is 14.2 Å². The topological polar surface area (TPSA) is 35.5 Å². The molecule has 0 fully saturated rings. The first-order valence-corrected chi connectivity index (χ1v) is 5.00. The van der Waals surface area contributed by atoms with E-state index in [9.17, 15) is 4.79 Å². The molecule has 0 radical (unpaired) electrons. The van der Waals surface area contributed by atoms with Crippen LogP contribution in [0, 0.1) is 0 Å². The van der Waals surface area contributed by atoms with Gasteiger partial charge in [-0.1, -0.05) is 0 Å². The van der Waals surface area contributed by atoms with Gasteiger partial charge in [-0.15, -0.1) is 0 Å². The third kappa shape index (κ3) is 1.75. The molecule has 0 amide bonds. The van der Waals surface area contributed by atoms with E-state index in [4.69, 9.17) is 9.47 Å². The molecule has 1 aromatic rings. The van der Waals surface area contributed by atoms with Gasteiger partial charge in [-0.05, 0) is 30.2 Å². The smallest absolute Gasteiger partial charge is 0.163 e. The Morgan fingerprint density at radius 3 is 2.80 bits per heavy atom. The first-order valence-electron chi connectivity index (χ1n) is 5.00. The summed E-state index contributed by atoms with van der Waals surface area (Å²) in [5.41, 5.74) is 1.72. The van der Waals surface area contributed by atoms with E-state index in [1.54, 1.807) is 14.2 Å². The van der Waals surface area contributed by atoms with Gasteiger partial charge in [0.15, 0.2) is 5.78 Å². The largest absolute Gasteiger partial charge is 0.497 e. The van der Waals surface area contributed by atoms with Crippen LogP contribution in [0.15, 0.2) is 18.2 Å². The Bertz CT molecular complexity index is 384. The molecule has 0 saturated heterocycles. The van der Waals surface area contributed by atoms with Gasteiger partial charge in [0.2, 0.25) is 0 Å². The lowest BCUT2D eigenvalue weighted by Gasteiger charge is -2.23. The molecule has 2 rings (SSSR count). The summed E-state index contributed by atoms with van der Waals surface area (Å²) in [7, 11) is 3.29. The van der Waals surface area contributed by atoms with Crippen LogP contribution in [0.5, 0.6) is 5.75 Å². The maximum atomic E-state index is 11.7. The molecule has 1 aromatic carbocycles. The van der Waals surface area contributed by atoms with Crippen molar-refractivity contribution >= 4 is 5.78 Å². The molecule has 3 heteroatoms. The maximum Gasteiger partial charge on any atom is 0.163 e. The van der Waals surface area contributed by atoms with Crippen LogP contribution in [0.1, 0.15) is 34.9 Å². The summed E-state index contributed by atoms with van der Waals surface area (Å²) < 4.78 is 10.5. The van der Waals surface area contributed by atoms with Gasteiger partial charge in [0.25, 0.3) is 0 Å². The van der Waals surface area contributed by atoms with Gasteiger partial charge in [0.05, 0.1) is 13.2 Å². The summed E-state index contributed by atoms with van der Waals surface area (Å²) in [4.78, 5) is 11.7. The number of ether oxygens (including phenoxy) is 2. The first-order chi connectivity index (χ1) is 7.26. The summed E-state index contributed by atoms with van der Waals surface area (Å²) in [6.07, 6.45) is 1.35. The predicted molar refractivity (Wildman–Crippen MR) is 56.3 cm³/mol. The third-order valence-electron chi connectivity index (χ3n) is 2.82. The van der Waals surface area contributed by atoms with Crippen LogP contribution in [0.2, 0.25) is 0 Å². The van der Waals surface area contributed by atoms with E-state index in [1.807, 2.05) is 18.2 Å². The fourth-order valence-corrected chi connectivity index (χ4v) is 1.99. The average molecular weight is 206 g/mol. The maximum absolute atomic E-state index is 11.7. The molecule has 1 aliphatic rings. The SMILES string of the molecule is COc1ccc2c(c1)C(OC)CCC2=O. The quantitative estimate of drug-likeness (QED) is 0.745. The zero-order valence-electron chi connectivity index (χ0n) is 8.95. The lowest BCUT2D eigenvalue weighted by atomic mass is 9.88. The highest BCUT2D eigenvalue weighted by Gasteiger charge is 2.25. The van der Waals surface area contributed by atoms with E-state index in [0.29, 0.717) is 6.42 Å². The normalized spacial score (nSPS) is 19.9. The summed E-state index contributed by atoms with van der Waals surface area (Å²) in [6, 6.07) is 5.52. The number of carbonyl (C=O) groups excluding carboxylic acids is 1. The van der Waals surface area contributed by atoms with E-state index in [1.165, 1.54) is 0 Å². The Balaban J connectivity index is 2.48. The molecule has 80 valence electrons. The van der Waals surface area contributed by atoms with Crippen LogP contribution in [0.3, 0.4) is 0 Å². The second kappa shape index (κ2) is 4.03. The van der Waals surface area contributed by atoms with Crippen LogP contribution in [0.4, 0.5) is 0 Å². The Labute approximate surface area is 89.0 Å². The predicted octanol–water partition coefficient (Wildman–Crippen LogP) is 2.36. The highest BCUT2D eigenvalue weighted by atomic mass is 16.5. The summed E-state index contributed by atoms with van der Waals surface area (Å²) in [5, 5.41) is 0.